The Morgan fingerprint density at radius 1 is 1.00 bits per heavy atom. The Bertz CT molecular complexity index is 1130. The van der Waals surface area contributed by atoms with Gasteiger partial charge in [0.2, 0.25) is 0 Å². The summed E-state index contributed by atoms with van der Waals surface area (Å²) < 4.78 is 17.0. The number of hydrogen-bond acceptors (Lipinski definition) is 6. The molecule has 3 rings (SSSR count). The van der Waals surface area contributed by atoms with Crippen LogP contribution in [0.25, 0.3) is 10.6 Å². The molecule has 0 spiro atoms. The van der Waals surface area contributed by atoms with Crippen LogP contribution in [0.1, 0.15) is 66.4 Å². The number of carbonyl (C=O) groups is 1. The topological polar surface area (TPSA) is 57.7 Å². The van der Waals surface area contributed by atoms with Crippen molar-refractivity contribution < 1.29 is 19.0 Å². The summed E-state index contributed by atoms with van der Waals surface area (Å²) in [5, 5.41) is 1.06. The number of esters is 1. The van der Waals surface area contributed by atoms with Crippen LogP contribution in [-0.2, 0) is 27.1 Å². The standard InChI is InChI=1S/C30H39NO4S/c1-8-33-27(30(32)34-9-2)18-23-16-20(5)28(21(6)17-23)35-15-14-26-22(7)36-29(31-26)25-12-10-24(11-13-25)19(3)4/h10-13,16-17,19,27H,8-9,14-15,18H2,1-7H3. The maximum atomic E-state index is 12.2. The van der Waals surface area contributed by atoms with Crippen LogP contribution in [0, 0.1) is 20.8 Å². The molecule has 0 aliphatic rings. The van der Waals surface area contributed by atoms with E-state index in [9.17, 15) is 4.79 Å². The highest BCUT2D eigenvalue weighted by atomic mass is 32.1. The van der Waals surface area contributed by atoms with Crippen LogP contribution in [-0.4, -0.2) is 36.9 Å². The number of hydrogen-bond donors (Lipinski definition) is 0. The van der Waals surface area contributed by atoms with Crippen molar-refractivity contribution in [2.75, 3.05) is 19.8 Å². The van der Waals surface area contributed by atoms with Gasteiger partial charge >= 0.3 is 5.97 Å². The van der Waals surface area contributed by atoms with Crippen molar-refractivity contribution in [3.8, 4) is 16.3 Å². The minimum atomic E-state index is -0.594. The molecule has 1 heterocycles. The first-order valence-electron chi connectivity index (χ1n) is 12.8. The van der Waals surface area contributed by atoms with Gasteiger partial charge in [0, 0.05) is 29.9 Å². The predicted molar refractivity (Wildman–Crippen MR) is 147 cm³/mol. The molecule has 3 aromatic rings. The zero-order chi connectivity index (χ0) is 26.2. The van der Waals surface area contributed by atoms with Crippen LogP contribution >= 0.6 is 11.3 Å². The normalized spacial score (nSPS) is 12.1. The second-order valence-electron chi connectivity index (χ2n) is 9.36. The van der Waals surface area contributed by atoms with E-state index in [0.29, 0.717) is 32.2 Å². The molecule has 0 radical (unpaired) electrons. The highest BCUT2D eigenvalue weighted by Crippen LogP contribution is 2.30. The molecule has 36 heavy (non-hydrogen) atoms. The van der Waals surface area contributed by atoms with Gasteiger partial charge in [-0.2, -0.15) is 0 Å². The van der Waals surface area contributed by atoms with Crippen molar-refractivity contribution in [2.45, 2.75) is 73.3 Å². The van der Waals surface area contributed by atoms with Gasteiger partial charge in [-0.25, -0.2) is 9.78 Å². The Hall–Kier alpha value is -2.70. The molecule has 0 aliphatic heterocycles. The highest BCUT2D eigenvalue weighted by molar-refractivity contribution is 7.15. The third-order valence-corrected chi connectivity index (χ3v) is 7.22. The van der Waals surface area contributed by atoms with E-state index < -0.39 is 6.10 Å². The number of nitrogens with zero attached hydrogens (tertiary/aromatic N) is 1. The summed E-state index contributed by atoms with van der Waals surface area (Å²) in [4.78, 5) is 18.4. The average Bonchev–Trinajstić information content (AvgIpc) is 3.21. The smallest absolute Gasteiger partial charge is 0.335 e. The molecule has 1 atom stereocenters. The second kappa shape index (κ2) is 13.0. The van der Waals surface area contributed by atoms with Gasteiger partial charge in [-0.15, -0.1) is 11.3 Å². The fourth-order valence-corrected chi connectivity index (χ4v) is 5.26. The van der Waals surface area contributed by atoms with Crippen molar-refractivity contribution in [3.05, 3.63) is 69.2 Å². The fraction of sp³-hybridized carbons (Fsp3) is 0.467. The molecule has 0 saturated heterocycles. The Labute approximate surface area is 219 Å². The van der Waals surface area contributed by atoms with Crippen LogP contribution in [0.3, 0.4) is 0 Å². The Kier molecular flexibility index (Phi) is 10.1. The zero-order valence-electron chi connectivity index (χ0n) is 22.6. The molecule has 6 heteroatoms. The van der Waals surface area contributed by atoms with Crippen LogP contribution in [0.15, 0.2) is 36.4 Å². The van der Waals surface area contributed by atoms with Crippen LogP contribution < -0.4 is 4.74 Å². The third-order valence-electron chi connectivity index (χ3n) is 6.16. The highest BCUT2D eigenvalue weighted by Gasteiger charge is 2.21. The summed E-state index contributed by atoms with van der Waals surface area (Å²) in [5.74, 6) is 1.10. The molecule has 0 amide bonds. The molecular weight excluding hydrogens is 470 g/mol. The lowest BCUT2D eigenvalue weighted by molar-refractivity contribution is -0.156. The summed E-state index contributed by atoms with van der Waals surface area (Å²) in [5.41, 5.74) is 6.72. The van der Waals surface area contributed by atoms with Crippen molar-refractivity contribution in [1.82, 2.24) is 4.98 Å². The van der Waals surface area contributed by atoms with Crippen LogP contribution in [0.4, 0.5) is 0 Å². The number of ether oxygens (including phenoxy) is 3. The molecule has 0 aliphatic carbocycles. The van der Waals surface area contributed by atoms with Gasteiger partial charge in [-0.05, 0) is 62.8 Å². The van der Waals surface area contributed by atoms with Gasteiger partial charge in [0.05, 0.1) is 18.9 Å². The van der Waals surface area contributed by atoms with Gasteiger partial charge in [0.1, 0.15) is 10.8 Å². The van der Waals surface area contributed by atoms with Gasteiger partial charge in [-0.1, -0.05) is 50.2 Å². The average molecular weight is 510 g/mol. The molecule has 1 aromatic heterocycles. The maximum absolute atomic E-state index is 12.2. The number of carbonyl (C=O) groups excluding carboxylic acids is 1. The molecule has 1 unspecified atom stereocenters. The summed E-state index contributed by atoms with van der Waals surface area (Å²) in [6, 6.07) is 12.9. The first kappa shape index (κ1) is 27.9. The number of aryl methyl sites for hydroxylation is 3. The minimum absolute atomic E-state index is 0.316. The number of aromatic nitrogens is 1. The number of rotatable bonds is 12. The zero-order valence-corrected chi connectivity index (χ0v) is 23.5. The SMILES string of the molecule is CCOC(=O)C(Cc1cc(C)c(OCCc2nc(-c3ccc(C(C)C)cc3)sc2C)c(C)c1)OCC. The monoisotopic (exact) mass is 509 g/mol. The second-order valence-corrected chi connectivity index (χ2v) is 10.6. The summed E-state index contributed by atoms with van der Waals surface area (Å²) in [6.07, 6.45) is 0.638. The molecule has 0 saturated carbocycles. The molecular formula is C30H39NO4S. The molecule has 0 bridgehead atoms. The Morgan fingerprint density at radius 3 is 2.25 bits per heavy atom. The van der Waals surface area contributed by atoms with E-state index >= 15 is 0 Å². The van der Waals surface area contributed by atoms with E-state index in [1.165, 1.54) is 10.4 Å². The Balaban J connectivity index is 1.64. The summed E-state index contributed by atoms with van der Waals surface area (Å²) in [7, 11) is 0. The van der Waals surface area contributed by atoms with E-state index in [4.69, 9.17) is 19.2 Å². The summed E-state index contributed by atoms with van der Waals surface area (Å²) >= 11 is 1.74. The van der Waals surface area contributed by atoms with E-state index in [-0.39, 0.29) is 5.97 Å². The predicted octanol–water partition coefficient (Wildman–Crippen LogP) is 6.99. The molecule has 194 valence electrons. The maximum Gasteiger partial charge on any atom is 0.335 e. The molecule has 5 nitrogen and oxygen atoms in total. The minimum Gasteiger partial charge on any atom is -0.493 e. The third kappa shape index (κ3) is 7.17. The lowest BCUT2D eigenvalue weighted by atomic mass is 10.0. The van der Waals surface area contributed by atoms with Crippen molar-refractivity contribution in [3.63, 3.8) is 0 Å². The van der Waals surface area contributed by atoms with Crippen molar-refractivity contribution in [1.29, 1.82) is 0 Å². The van der Waals surface area contributed by atoms with Gasteiger partial charge in [0.15, 0.2) is 6.10 Å². The van der Waals surface area contributed by atoms with E-state index in [2.05, 4.69) is 57.2 Å². The molecule has 0 N–H and O–H groups in total. The van der Waals surface area contributed by atoms with E-state index in [1.54, 1.807) is 18.3 Å². The van der Waals surface area contributed by atoms with E-state index in [0.717, 1.165) is 45.1 Å². The van der Waals surface area contributed by atoms with Crippen LogP contribution in [0.5, 0.6) is 5.75 Å². The number of benzene rings is 2. The van der Waals surface area contributed by atoms with Crippen LogP contribution in [0.2, 0.25) is 0 Å². The number of thiazole rings is 1. The van der Waals surface area contributed by atoms with Gasteiger partial charge < -0.3 is 14.2 Å². The summed E-state index contributed by atoms with van der Waals surface area (Å²) in [6.45, 7) is 15.7. The first-order chi connectivity index (χ1) is 17.2. The van der Waals surface area contributed by atoms with Gasteiger partial charge in [0.25, 0.3) is 0 Å². The largest absolute Gasteiger partial charge is 0.493 e. The molecule has 0 fully saturated rings. The van der Waals surface area contributed by atoms with E-state index in [1.807, 2.05) is 20.8 Å². The Morgan fingerprint density at radius 2 is 1.67 bits per heavy atom. The fourth-order valence-electron chi connectivity index (χ4n) is 4.29. The van der Waals surface area contributed by atoms with Crippen molar-refractivity contribution >= 4 is 17.3 Å². The molecule has 2 aromatic carbocycles. The quantitative estimate of drug-likeness (QED) is 0.246. The first-order valence-corrected chi connectivity index (χ1v) is 13.6. The lowest BCUT2D eigenvalue weighted by Gasteiger charge is -2.18. The van der Waals surface area contributed by atoms with Crippen molar-refractivity contribution in [2.24, 2.45) is 0 Å². The lowest BCUT2D eigenvalue weighted by Crippen LogP contribution is -2.29. The van der Waals surface area contributed by atoms with Gasteiger partial charge in [-0.3, -0.25) is 0 Å².